The number of aliphatic hydroxyl groups is 1. The molecule has 3 saturated carbocycles. The molecular weight excluding hydrogens is 399 g/mol. The molecule has 2 N–H and O–H groups in total. The van der Waals surface area contributed by atoms with Crippen LogP contribution in [0.15, 0.2) is 11.6 Å². The van der Waals surface area contributed by atoms with E-state index in [1.807, 2.05) is 20.8 Å². The SMILES string of the molecule is CC1C[C@H]2[C@@H]3CC(F)C4=CC(=O)CC[C@]4(C)[C@@]3(Cl)C(O)C[C@]2(C)[C@H]1C(=O)C(=O)O. The van der Waals surface area contributed by atoms with Gasteiger partial charge in [-0.3, -0.25) is 9.59 Å². The molecule has 3 unspecified atom stereocenters. The van der Waals surface area contributed by atoms with Crippen LogP contribution in [0, 0.1) is 34.5 Å². The highest BCUT2D eigenvalue weighted by Crippen LogP contribution is 2.71. The molecule has 160 valence electrons. The molecule has 3 fully saturated rings. The molecule has 0 aromatic rings. The number of aliphatic hydroxyl groups excluding tert-OH is 1. The molecule has 0 heterocycles. The number of Topliss-reactive ketones (excluding diaryl/α,β-unsaturated/α-hetero) is 1. The molecule has 29 heavy (non-hydrogen) atoms. The quantitative estimate of drug-likeness (QED) is 0.522. The van der Waals surface area contributed by atoms with E-state index >= 15 is 4.39 Å². The summed E-state index contributed by atoms with van der Waals surface area (Å²) in [4.78, 5) is 34.8. The highest BCUT2D eigenvalue weighted by atomic mass is 35.5. The molecular formula is C22H28ClFO5. The number of carbonyl (C=O) groups excluding carboxylic acids is 2. The van der Waals surface area contributed by atoms with Crippen molar-refractivity contribution in [3.63, 3.8) is 0 Å². The second kappa shape index (κ2) is 6.36. The first kappa shape index (κ1) is 21.0. The molecule has 0 spiro atoms. The van der Waals surface area contributed by atoms with Gasteiger partial charge < -0.3 is 10.2 Å². The highest BCUT2D eigenvalue weighted by Gasteiger charge is 2.72. The van der Waals surface area contributed by atoms with Crippen LogP contribution in [-0.2, 0) is 14.4 Å². The van der Waals surface area contributed by atoms with E-state index in [-0.39, 0.29) is 36.9 Å². The first-order chi connectivity index (χ1) is 13.4. The van der Waals surface area contributed by atoms with Crippen LogP contribution in [-0.4, -0.2) is 44.9 Å². The molecule has 0 bridgehead atoms. The van der Waals surface area contributed by atoms with Crippen LogP contribution < -0.4 is 0 Å². The molecule has 7 heteroatoms. The second-order valence-corrected chi connectivity index (χ2v) is 10.8. The van der Waals surface area contributed by atoms with Crippen LogP contribution in [0.1, 0.15) is 52.9 Å². The fraction of sp³-hybridized carbons (Fsp3) is 0.773. The third-order valence-electron chi connectivity index (χ3n) is 8.86. The molecule has 0 amide bonds. The summed E-state index contributed by atoms with van der Waals surface area (Å²) in [6.07, 6.45) is 0.509. The standard InChI is InChI=1S/C22H28ClFO5/c1-10-6-12-13-8-15(24)14-7-11(25)4-5-21(14,3)22(13,23)16(26)9-20(12,2)17(10)18(27)19(28)29/h7,10,12-13,15-17,26H,4-6,8-9H2,1-3H3,(H,28,29)/t10?,12-,13-,15?,16?,17+,20-,21-,22-/m0/s1. The Bertz CT molecular complexity index is 826. The minimum absolute atomic E-state index is 0.0796. The van der Waals surface area contributed by atoms with Crippen LogP contribution in [0.4, 0.5) is 4.39 Å². The molecule has 0 aromatic carbocycles. The lowest BCUT2D eigenvalue weighted by molar-refractivity contribution is -0.158. The van der Waals surface area contributed by atoms with Gasteiger partial charge in [0, 0.05) is 17.8 Å². The van der Waals surface area contributed by atoms with E-state index in [1.165, 1.54) is 6.08 Å². The van der Waals surface area contributed by atoms with Gasteiger partial charge in [-0.05, 0) is 60.5 Å². The van der Waals surface area contributed by atoms with Gasteiger partial charge in [0.05, 0.1) is 11.0 Å². The number of rotatable bonds is 2. The number of fused-ring (bicyclic) bond motifs is 5. The molecule has 0 aromatic heterocycles. The van der Waals surface area contributed by atoms with Crippen molar-refractivity contribution in [1.29, 1.82) is 0 Å². The monoisotopic (exact) mass is 426 g/mol. The molecule has 9 atom stereocenters. The van der Waals surface area contributed by atoms with E-state index in [0.717, 1.165) is 0 Å². The maximum atomic E-state index is 15.3. The predicted molar refractivity (Wildman–Crippen MR) is 104 cm³/mol. The lowest BCUT2D eigenvalue weighted by Gasteiger charge is -2.64. The van der Waals surface area contributed by atoms with E-state index in [1.54, 1.807) is 0 Å². The topological polar surface area (TPSA) is 91.7 Å². The third-order valence-corrected chi connectivity index (χ3v) is 9.81. The van der Waals surface area contributed by atoms with Crippen LogP contribution in [0.5, 0.6) is 0 Å². The molecule has 0 aliphatic heterocycles. The zero-order chi connectivity index (χ0) is 21.5. The molecule has 4 rings (SSSR count). The molecule has 0 saturated heterocycles. The van der Waals surface area contributed by atoms with Crippen LogP contribution in [0.25, 0.3) is 0 Å². The van der Waals surface area contributed by atoms with Crippen molar-refractivity contribution in [3.05, 3.63) is 11.6 Å². The Morgan fingerprint density at radius 1 is 1.24 bits per heavy atom. The summed E-state index contributed by atoms with van der Waals surface area (Å²) in [5.74, 6) is -3.89. The van der Waals surface area contributed by atoms with E-state index < -0.39 is 51.6 Å². The summed E-state index contributed by atoms with van der Waals surface area (Å²) in [5.41, 5.74) is -1.23. The number of carbonyl (C=O) groups is 3. The summed E-state index contributed by atoms with van der Waals surface area (Å²) in [5, 5.41) is 20.7. The first-order valence-corrected chi connectivity index (χ1v) is 10.8. The number of hydrogen-bond donors (Lipinski definition) is 2. The van der Waals surface area contributed by atoms with Gasteiger partial charge in [-0.15, -0.1) is 11.6 Å². The zero-order valence-electron chi connectivity index (χ0n) is 17.0. The van der Waals surface area contributed by atoms with E-state index in [2.05, 4.69) is 0 Å². The van der Waals surface area contributed by atoms with Crippen molar-refractivity contribution in [2.75, 3.05) is 0 Å². The maximum Gasteiger partial charge on any atom is 0.372 e. The number of hydrogen-bond acceptors (Lipinski definition) is 4. The van der Waals surface area contributed by atoms with Crippen molar-refractivity contribution in [2.45, 2.75) is 70.0 Å². The normalized spacial score (nSPS) is 51.5. The van der Waals surface area contributed by atoms with Crippen molar-refractivity contribution in [1.82, 2.24) is 0 Å². The largest absolute Gasteiger partial charge is 0.475 e. The Balaban J connectivity index is 1.82. The molecule has 4 aliphatic rings. The van der Waals surface area contributed by atoms with Crippen LogP contribution in [0.3, 0.4) is 0 Å². The number of alkyl halides is 2. The summed E-state index contributed by atoms with van der Waals surface area (Å²) in [7, 11) is 0. The lowest BCUT2D eigenvalue weighted by atomic mass is 9.45. The Kier molecular flexibility index (Phi) is 4.60. The Morgan fingerprint density at radius 2 is 1.90 bits per heavy atom. The van der Waals surface area contributed by atoms with Gasteiger partial charge in [0.2, 0.25) is 5.78 Å². The van der Waals surface area contributed by atoms with Gasteiger partial charge in [0.1, 0.15) is 6.17 Å². The maximum absolute atomic E-state index is 15.3. The number of carboxylic acids is 1. The fourth-order valence-corrected chi connectivity index (χ4v) is 8.14. The van der Waals surface area contributed by atoms with Gasteiger partial charge in [-0.1, -0.05) is 20.8 Å². The predicted octanol–water partition coefficient (Wildman–Crippen LogP) is 3.31. The van der Waals surface area contributed by atoms with Gasteiger partial charge >= 0.3 is 5.97 Å². The average molecular weight is 427 g/mol. The molecule has 5 nitrogen and oxygen atoms in total. The van der Waals surface area contributed by atoms with Crippen molar-refractivity contribution < 1.29 is 29.0 Å². The third kappa shape index (κ3) is 2.51. The number of carboxylic acid groups (broad SMARTS) is 1. The molecule has 0 radical (unpaired) electrons. The first-order valence-electron chi connectivity index (χ1n) is 10.4. The average Bonchev–Trinajstić information content (AvgIpc) is 2.89. The van der Waals surface area contributed by atoms with Crippen LogP contribution >= 0.6 is 11.6 Å². The van der Waals surface area contributed by atoms with Gasteiger partial charge in [0.15, 0.2) is 5.78 Å². The van der Waals surface area contributed by atoms with Gasteiger partial charge in [-0.25, -0.2) is 9.18 Å². The highest BCUT2D eigenvalue weighted by molar-refractivity contribution is 6.34. The number of ketones is 2. The Morgan fingerprint density at radius 3 is 2.52 bits per heavy atom. The van der Waals surface area contributed by atoms with E-state index in [0.29, 0.717) is 18.4 Å². The Hall–Kier alpha value is -1.27. The minimum Gasteiger partial charge on any atom is -0.475 e. The summed E-state index contributed by atoms with van der Waals surface area (Å²) >= 11 is 7.25. The van der Waals surface area contributed by atoms with Crippen molar-refractivity contribution >= 4 is 29.1 Å². The van der Waals surface area contributed by atoms with Gasteiger partial charge in [0.25, 0.3) is 0 Å². The van der Waals surface area contributed by atoms with E-state index in [9.17, 15) is 24.6 Å². The second-order valence-electron chi connectivity index (χ2n) is 10.2. The van der Waals surface area contributed by atoms with E-state index in [4.69, 9.17) is 11.6 Å². The molecule has 4 aliphatic carbocycles. The smallest absolute Gasteiger partial charge is 0.372 e. The Labute approximate surface area is 174 Å². The minimum atomic E-state index is -1.46. The van der Waals surface area contributed by atoms with Crippen LogP contribution in [0.2, 0.25) is 0 Å². The zero-order valence-corrected chi connectivity index (χ0v) is 17.7. The summed E-state index contributed by atoms with van der Waals surface area (Å²) in [6, 6.07) is 0. The number of aliphatic carboxylic acids is 1. The van der Waals surface area contributed by atoms with Crippen molar-refractivity contribution in [2.24, 2.45) is 34.5 Å². The number of halogens is 2. The summed E-state index contributed by atoms with van der Waals surface area (Å²) < 4.78 is 15.3. The summed E-state index contributed by atoms with van der Waals surface area (Å²) in [6.45, 7) is 5.57. The lowest BCUT2D eigenvalue weighted by Crippen LogP contribution is -2.68. The fourth-order valence-electron chi connectivity index (χ4n) is 7.62. The number of allylic oxidation sites excluding steroid dienone is 1. The van der Waals surface area contributed by atoms with Gasteiger partial charge in [-0.2, -0.15) is 0 Å². The van der Waals surface area contributed by atoms with Crippen molar-refractivity contribution in [3.8, 4) is 0 Å².